The van der Waals surface area contributed by atoms with Crippen molar-refractivity contribution in [1.29, 1.82) is 0 Å². The van der Waals surface area contributed by atoms with E-state index in [9.17, 15) is 9.59 Å². The van der Waals surface area contributed by atoms with Crippen LogP contribution in [0.2, 0.25) is 5.02 Å². The number of nitrogens with zero attached hydrogens (tertiary/aromatic N) is 3. The molecule has 2 atom stereocenters. The van der Waals surface area contributed by atoms with E-state index in [1.54, 1.807) is 0 Å². The van der Waals surface area contributed by atoms with Gasteiger partial charge >= 0.3 is 0 Å². The quantitative estimate of drug-likeness (QED) is 0.772. The molecule has 2 aliphatic rings. The molecule has 0 unspecified atom stereocenters. The highest BCUT2D eigenvalue weighted by atomic mass is 35.5. The summed E-state index contributed by atoms with van der Waals surface area (Å²) in [5, 5.41) is 0.720. The fourth-order valence-electron chi connectivity index (χ4n) is 4.30. The number of benzene rings is 2. The van der Waals surface area contributed by atoms with Gasteiger partial charge in [0, 0.05) is 49.9 Å². The van der Waals surface area contributed by atoms with Crippen LogP contribution in [0.25, 0.3) is 0 Å². The smallest absolute Gasteiger partial charge is 0.228 e. The third-order valence-electron chi connectivity index (χ3n) is 6.02. The summed E-state index contributed by atoms with van der Waals surface area (Å²) in [5.41, 5.74) is 2.19. The van der Waals surface area contributed by atoms with E-state index in [4.69, 9.17) is 11.6 Å². The average Bonchev–Trinajstić information content (AvgIpc) is 3.15. The first-order valence-corrected chi connectivity index (χ1v) is 10.5. The van der Waals surface area contributed by atoms with E-state index in [2.05, 4.69) is 4.90 Å². The summed E-state index contributed by atoms with van der Waals surface area (Å²) in [6.45, 7) is 5.43. The molecule has 0 spiro atoms. The van der Waals surface area contributed by atoms with E-state index in [1.807, 2.05) is 71.3 Å². The maximum atomic E-state index is 13.1. The Hall–Kier alpha value is -2.53. The number of likely N-dealkylation sites (tertiary alicyclic amines) is 1. The molecule has 2 fully saturated rings. The molecule has 152 valence electrons. The predicted molar refractivity (Wildman–Crippen MR) is 115 cm³/mol. The van der Waals surface area contributed by atoms with E-state index in [-0.39, 0.29) is 23.8 Å². The molecule has 2 saturated heterocycles. The van der Waals surface area contributed by atoms with Gasteiger partial charge in [0.05, 0.1) is 12.0 Å². The number of rotatable bonds is 4. The molecule has 29 heavy (non-hydrogen) atoms. The molecule has 0 bridgehead atoms. The van der Waals surface area contributed by atoms with E-state index < -0.39 is 0 Å². The number of halogens is 1. The van der Waals surface area contributed by atoms with Crippen molar-refractivity contribution >= 4 is 29.1 Å². The Morgan fingerprint density at radius 1 is 1.03 bits per heavy atom. The van der Waals surface area contributed by atoms with Crippen LogP contribution in [0.15, 0.2) is 54.6 Å². The van der Waals surface area contributed by atoms with Crippen LogP contribution in [0.5, 0.6) is 0 Å². The lowest BCUT2D eigenvalue weighted by atomic mass is 10.1. The molecule has 6 heteroatoms. The number of hydrogen-bond acceptors (Lipinski definition) is 3. The van der Waals surface area contributed by atoms with E-state index >= 15 is 0 Å². The fraction of sp³-hybridized carbons (Fsp3) is 0.391. The first kappa shape index (κ1) is 19.8. The fourth-order valence-corrected chi connectivity index (χ4v) is 4.48. The number of carbonyl (C=O) groups is 2. The van der Waals surface area contributed by atoms with Crippen molar-refractivity contribution in [2.24, 2.45) is 5.92 Å². The monoisotopic (exact) mass is 411 g/mol. The van der Waals surface area contributed by atoms with Crippen molar-refractivity contribution in [2.75, 3.05) is 37.6 Å². The van der Waals surface area contributed by atoms with Crippen molar-refractivity contribution in [1.82, 2.24) is 9.80 Å². The first-order valence-electron chi connectivity index (χ1n) is 10.2. The first-order chi connectivity index (χ1) is 14.0. The molecular weight excluding hydrogens is 386 g/mol. The van der Waals surface area contributed by atoms with Gasteiger partial charge in [-0.3, -0.25) is 9.59 Å². The molecular formula is C23H26ClN3O2. The van der Waals surface area contributed by atoms with E-state index in [1.165, 1.54) is 0 Å². The maximum absolute atomic E-state index is 13.1. The lowest BCUT2D eigenvalue weighted by Crippen LogP contribution is -2.50. The van der Waals surface area contributed by atoms with Crippen LogP contribution in [-0.4, -0.2) is 54.3 Å². The molecule has 0 radical (unpaired) electrons. The van der Waals surface area contributed by atoms with Crippen LogP contribution in [0, 0.1) is 5.92 Å². The molecule has 2 amide bonds. The SMILES string of the molecule is C[C@@H](c1ccccc1)N1C[C@@H](C(=O)N2CCN(c3cccc(Cl)c3)CC2)CC1=O. The molecule has 2 heterocycles. The number of anilines is 1. The Balaban J connectivity index is 1.35. The lowest BCUT2D eigenvalue weighted by molar-refractivity contribution is -0.136. The minimum Gasteiger partial charge on any atom is -0.368 e. The van der Waals surface area contributed by atoms with Crippen LogP contribution in [0.4, 0.5) is 5.69 Å². The third kappa shape index (κ3) is 4.25. The molecule has 0 N–H and O–H groups in total. The van der Waals surface area contributed by atoms with Crippen molar-refractivity contribution in [2.45, 2.75) is 19.4 Å². The van der Waals surface area contributed by atoms with Gasteiger partial charge < -0.3 is 14.7 Å². The van der Waals surface area contributed by atoms with Crippen molar-refractivity contribution in [3.63, 3.8) is 0 Å². The second kappa shape index (κ2) is 8.46. The molecule has 2 aromatic rings. The highest BCUT2D eigenvalue weighted by Crippen LogP contribution is 2.30. The summed E-state index contributed by atoms with van der Waals surface area (Å²) in [6, 6.07) is 17.8. The molecule has 4 rings (SSSR count). The van der Waals surface area contributed by atoms with Crippen LogP contribution in [-0.2, 0) is 9.59 Å². The van der Waals surface area contributed by atoms with Crippen molar-refractivity contribution in [3.05, 3.63) is 65.2 Å². The molecule has 0 aliphatic carbocycles. The van der Waals surface area contributed by atoms with E-state index in [0.29, 0.717) is 26.1 Å². The Labute approximate surface area is 176 Å². The number of piperazine rings is 1. The van der Waals surface area contributed by atoms with E-state index in [0.717, 1.165) is 29.4 Å². The Bertz CT molecular complexity index is 881. The van der Waals surface area contributed by atoms with Crippen molar-refractivity contribution in [3.8, 4) is 0 Å². The third-order valence-corrected chi connectivity index (χ3v) is 6.26. The van der Waals surface area contributed by atoms with Crippen LogP contribution < -0.4 is 4.90 Å². The molecule has 0 saturated carbocycles. The largest absolute Gasteiger partial charge is 0.368 e. The van der Waals surface area contributed by atoms with Crippen LogP contribution in [0.1, 0.15) is 24.9 Å². The van der Waals surface area contributed by atoms with Crippen molar-refractivity contribution < 1.29 is 9.59 Å². The average molecular weight is 412 g/mol. The Morgan fingerprint density at radius 3 is 2.45 bits per heavy atom. The van der Waals surface area contributed by atoms with Gasteiger partial charge in [-0.15, -0.1) is 0 Å². The maximum Gasteiger partial charge on any atom is 0.228 e. The number of carbonyl (C=O) groups excluding carboxylic acids is 2. The van der Waals surface area contributed by atoms with Gasteiger partial charge in [0.25, 0.3) is 0 Å². The van der Waals surface area contributed by atoms with Gasteiger partial charge in [-0.1, -0.05) is 48.0 Å². The summed E-state index contributed by atoms with van der Waals surface area (Å²) >= 11 is 6.10. The van der Waals surface area contributed by atoms with Gasteiger partial charge in [0.15, 0.2) is 0 Å². The molecule has 2 aliphatic heterocycles. The Kier molecular flexibility index (Phi) is 5.76. The van der Waals surface area contributed by atoms with Gasteiger partial charge in [-0.25, -0.2) is 0 Å². The summed E-state index contributed by atoms with van der Waals surface area (Å²) < 4.78 is 0. The summed E-state index contributed by atoms with van der Waals surface area (Å²) in [5.74, 6) is -0.0736. The highest BCUT2D eigenvalue weighted by molar-refractivity contribution is 6.30. The number of hydrogen-bond donors (Lipinski definition) is 0. The zero-order valence-electron chi connectivity index (χ0n) is 16.6. The lowest BCUT2D eigenvalue weighted by Gasteiger charge is -2.37. The van der Waals surface area contributed by atoms with Crippen LogP contribution in [0.3, 0.4) is 0 Å². The predicted octanol–water partition coefficient (Wildman–Crippen LogP) is 3.60. The normalized spacial score (nSPS) is 20.8. The second-order valence-electron chi connectivity index (χ2n) is 7.83. The molecule has 5 nitrogen and oxygen atoms in total. The highest BCUT2D eigenvalue weighted by Gasteiger charge is 2.39. The minimum absolute atomic E-state index is 0.0128. The van der Waals surface area contributed by atoms with Gasteiger partial charge in [-0.2, -0.15) is 0 Å². The second-order valence-corrected chi connectivity index (χ2v) is 8.26. The molecule has 0 aromatic heterocycles. The van der Waals surface area contributed by atoms with Gasteiger partial charge in [0.1, 0.15) is 0 Å². The zero-order chi connectivity index (χ0) is 20.4. The zero-order valence-corrected chi connectivity index (χ0v) is 17.4. The van der Waals surface area contributed by atoms with Gasteiger partial charge in [0.2, 0.25) is 11.8 Å². The standard InChI is InChI=1S/C23H26ClN3O2/c1-17(18-6-3-2-4-7-18)27-16-19(14-22(27)28)23(29)26-12-10-25(11-13-26)21-9-5-8-20(24)15-21/h2-9,15,17,19H,10-14,16H2,1H3/t17-,19-/m0/s1. The Morgan fingerprint density at radius 2 is 1.76 bits per heavy atom. The summed E-state index contributed by atoms with van der Waals surface area (Å²) in [6.07, 6.45) is 0.310. The minimum atomic E-state index is -0.244. The van der Waals surface area contributed by atoms with Crippen LogP contribution >= 0.6 is 11.6 Å². The summed E-state index contributed by atoms with van der Waals surface area (Å²) in [4.78, 5) is 31.7. The number of amides is 2. The topological polar surface area (TPSA) is 43.9 Å². The summed E-state index contributed by atoms with van der Waals surface area (Å²) in [7, 11) is 0. The van der Waals surface area contributed by atoms with Gasteiger partial charge in [-0.05, 0) is 30.7 Å². The molecule has 2 aromatic carbocycles.